The highest BCUT2D eigenvalue weighted by molar-refractivity contribution is 5.20. The highest BCUT2D eigenvalue weighted by Crippen LogP contribution is 2.26. The average molecular weight is 247 g/mol. The number of hydrogen-bond acceptors (Lipinski definition) is 2. The van der Waals surface area contributed by atoms with Crippen molar-refractivity contribution in [1.82, 2.24) is 5.32 Å². The van der Waals surface area contributed by atoms with Crippen LogP contribution in [0.2, 0.25) is 0 Å². The van der Waals surface area contributed by atoms with Gasteiger partial charge in [0.15, 0.2) is 0 Å². The van der Waals surface area contributed by atoms with E-state index >= 15 is 0 Å². The van der Waals surface area contributed by atoms with Gasteiger partial charge in [-0.15, -0.1) is 0 Å². The third-order valence-electron chi connectivity index (χ3n) is 3.64. The smallest absolute Gasteiger partial charge is 0.0488 e. The predicted molar refractivity (Wildman–Crippen MR) is 75.9 cm³/mol. The van der Waals surface area contributed by atoms with E-state index in [2.05, 4.69) is 42.6 Å². The molecule has 0 aromatic heterocycles. The van der Waals surface area contributed by atoms with Gasteiger partial charge in [-0.25, -0.2) is 0 Å². The number of nitrogens with one attached hydrogen (secondary N) is 1. The van der Waals surface area contributed by atoms with Crippen LogP contribution in [0.3, 0.4) is 0 Å². The van der Waals surface area contributed by atoms with Crippen molar-refractivity contribution in [3.63, 3.8) is 0 Å². The summed E-state index contributed by atoms with van der Waals surface area (Å²) in [6.07, 6.45) is 3.90. The van der Waals surface area contributed by atoms with E-state index in [1.54, 1.807) is 7.11 Å². The molecule has 2 nitrogen and oxygen atoms in total. The van der Waals surface area contributed by atoms with Crippen molar-refractivity contribution in [2.75, 3.05) is 20.3 Å². The van der Waals surface area contributed by atoms with Gasteiger partial charge in [-0.1, -0.05) is 37.3 Å². The van der Waals surface area contributed by atoms with E-state index in [1.807, 2.05) is 0 Å². The Morgan fingerprint density at radius 3 is 2.61 bits per heavy atom. The van der Waals surface area contributed by atoms with Crippen molar-refractivity contribution in [3.05, 3.63) is 35.9 Å². The van der Waals surface area contributed by atoms with Crippen LogP contribution in [0.4, 0.5) is 0 Å². The van der Waals surface area contributed by atoms with Gasteiger partial charge in [-0.2, -0.15) is 0 Å². The zero-order chi connectivity index (χ0) is 12.8. The summed E-state index contributed by atoms with van der Waals surface area (Å²) in [6, 6.07) is 11.7. The lowest BCUT2D eigenvalue weighted by molar-refractivity contribution is 0.151. The van der Waals surface area contributed by atoms with E-state index in [-0.39, 0.29) is 0 Å². The second kappa shape index (κ2) is 6.91. The van der Waals surface area contributed by atoms with Gasteiger partial charge in [0.25, 0.3) is 0 Å². The molecule has 0 aliphatic heterocycles. The lowest BCUT2D eigenvalue weighted by Crippen LogP contribution is -2.25. The monoisotopic (exact) mass is 247 g/mol. The summed E-state index contributed by atoms with van der Waals surface area (Å²) in [5.74, 6) is 1.22. The van der Waals surface area contributed by atoms with Gasteiger partial charge < -0.3 is 10.1 Å². The van der Waals surface area contributed by atoms with Crippen LogP contribution in [0.1, 0.15) is 37.7 Å². The molecule has 2 atom stereocenters. The molecule has 1 saturated carbocycles. The molecule has 100 valence electrons. The van der Waals surface area contributed by atoms with E-state index in [0.717, 1.165) is 19.2 Å². The van der Waals surface area contributed by atoms with Crippen LogP contribution in [0.5, 0.6) is 0 Å². The minimum atomic E-state index is 0.608. The van der Waals surface area contributed by atoms with Crippen LogP contribution in [-0.2, 0) is 4.74 Å². The van der Waals surface area contributed by atoms with Gasteiger partial charge >= 0.3 is 0 Å². The zero-order valence-electron chi connectivity index (χ0n) is 11.6. The van der Waals surface area contributed by atoms with Crippen LogP contribution < -0.4 is 5.32 Å². The first-order valence-corrected chi connectivity index (χ1v) is 7.07. The molecule has 1 aliphatic carbocycles. The molecule has 0 heterocycles. The first kappa shape index (κ1) is 13.6. The number of methoxy groups -OCH3 is 1. The summed E-state index contributed by atoms with van der Waals surface area (Å²) in [6.45, 7) is 4.23. The third-order valence-corrected chi connectivity index (χ3v) is 3.64. The van der Waals surface area contributed by atoms with Gasteiger partial charge in [0.2, 0.25) is 0 Å². The van der Waals surface area contributed by atoms with Crippen LogP contribution >= 0.6 is 0 Å². The van der Waals surface area contributed by atoms with Crippen molar-refractivity contribution in [3.8, 4) is 0 Å². The van der Waals surface area contributed by atoms with E-state index in [1.165, 1.54) is 24.8 Å². The molecule has 1 aliphatic rings. The molecule has 1 fully saturated rings. The summed E-state index contributed by atoms with van der Waals surface area (Å²) in [4.78, 5) is 0. The van der Waals surface area contributed by atoms with Crippen molar-refractivity contribution in [2.45, 2.75) is 38.1 Å². The maximum atomic E-state index is 5.26. The fourth-order valence-electron chi connectivity index (χ4n) is 2.50. The molecular formula is C16H25NO. The summed E-state index contributed by atoms with van der Waals surface area (Å²) in [7, 11) is 1.79. The van der Waals surface area contributed by atoms with Crippen molar-refractivity contribution in [1.29, 1.82) is 0 Å². The number of rotatable bonds is 8. The molecule has 1 aromatic rings. The highest BCUT2D eigenvalue weighted by atomic mass is 16.5. The quantitative estimate of drug-likeness (QED) is 0.761. The molecule has 2 rings (SSSR count). The van der Waals surface area contributed by atoms with Crippen LogP contribution in [0.25, 0.3) is 0 Å². The molecule has 18 heavy (non-hydrogen) atoms. The molecule has 0 spiro atoms. The summed E-state index contributed by atoms with van der Waals surface area (Å²) >= 11 is 0. The predicted octanol–water partition coefficient (Wildman–Crippen LogP) is 3.19. The molecule has 1 N–H and O–H groups in total. The Kier molecular flexibility index (Phi) is 5.21. The molecule has 0 bridgehead atoms. The van der Waals surface area contributed by atoms with Gasteiger partial charge in [-0.3, -0.25) is 0 Å². The Morgan fingerprint density at radius 1 is 1.28 bits per heavy atom. The first-order valence-electron chi connectivity index (χ1n) is 7.07. The normalized spacial score (nSPS) is 18.6. The lowest BCUT2D eigenvalue weighted by Gasteiger charge is -2.21. The zero-order valence-corrected chi connectivity index (χ0v) is 11.6. The van der Waals surface area contributed by atoms with Gasteiger partial charge in [-0.05, 0) is 36.7 Å². The Bertz CT molecular complexity index is 334. The topological polar surface area (TPSA) is 21.3 Å². The van der Waals surface area contributed by atoms with Crippen molar-refractivity contribution in [2.24, 2.45) is 5.92 Å². The van der Waals surface area contributed by atoms with E-state index in [4.69, 9.17) is 4.74 Å². The molecule has 0 saturated heterocycles. The average Bonchev–Trinajstić information content (AvgIpc) is 3.20. The number of ether oxygens (including phenoxy) is 1. The molecule has 1 aromatic carbocycles. The molecule has 2 heteroatoms. The van der Waals surface area contributed by atoms with Gasteiger partial charge in [0.1, 0.15) is 0 Å². The Balaban J connectivity index is 1.92. The lowest BCUT2D eigenvalue weighted by atomic mass is 9.89. The van der Waals surface area contributed by atoms with E-state index in [9.17, 15) is 0 Å². The highest BCUT2D eigenvalue weighted by Gasteiger charge is 2.23. The van der Waals surface area contributed by atoms with Gasteiger partial charge in [0.05, 0.1) is 0 Å². The molecule has 0 radical (unpaired) electrons. The summed E-state index contributed by atoms with van der Waals surface area (Å²) in [5, 5.41) is 3.66. The minimum absolute atomic E-state index is 0.608. The maximum absolute atomic E-state index is 5.26. The number of benzene rings is 1. The van der Waals surface area contributed by atoms with Crippen LogP contribution in [-0.4, -0.2) is 26.3 Å². The van der Waals surface area contributed by atoms with Crippen LogP contribution in [0, 0.1) is 5.92 Å². The summed E-state index contributed by atoms with van der Waals surface area (Å²) < 4.78 is 5.26. The van der Waals surface area contributed by atoms with E-state index in [0.29, 0.717) is 11.8 Å². The molecular weight excluding hydrogens is 222 g/mol. The number of hydrogen-bond donors (Lipinski definition) is 1. The minimum Gasteiger partial charge on any atom is -0.384 e. The Hall–Kier alpha value is -0.860. The Labute approximate surface area is 111 Å². The second-order valence-electron chi connectivity index (χ2n) is 5.59. The SMILES string of the molecule is COCC(C)CC(CNC1CC1)c1ccccc1. The fraction of sp³-hybridized carbons (Fsp3) is 0.625. The van der Waals surface area contributed by atoms with Gasteiger partial charge in [0, 0.05) is 26.3 Å². The fourth-order valence-corrected chi connectivity index (χ4v) is 2.50. The van der Waals surface area contributed by atoms with E-state index < -0.39 is 0 Å². The first-order chi connectivity index (χ1) is 8.79. The molecule has 0 amide bonds. The largest absolute Gasteiger partial charge is 0.384 e. The molecule has 2 unspecified atom stereocenters. The van der Waals surface area contributed by atoms with Crippen molar-refractivity contribution >= 4 is 0 Å². The Morgan fingerprint density at radius 2 is 2.00 bits per heavy atom. The summed E-state index contributed by atoms with van der Waals surface area (Å²) in [5.41, 5.74) is 1.45. The second-order valence-corrected chi connectivity index (χ2v) is 5.59. The maximum Gasteiger partial charge on any atom is 0.0488 e. The van der Waals surface area contributed by atoms with Crippen molar-refractivity contribution < 1.29 is 4.74 Å². The standard InChI is InChI=1S/C16H25NO/c1-13(12-18-2)10-15(11-17-16-8-9-16)14-6-4-3-5-7-14/h3-7,13,15-17H,8-12H2,1-2H3. The third kappa shape index (κ3) is 4.43. The van der Waals surface area contributed by atoms with Crippen LogP contribution in [0.15, 0.2) is 30.3 Å².